The van der Waals surface area contributed by atoms with Gasteiger partial charge in [-0.2, -0.15) is 0 Å². The van der Waals surface area contributed by atoms with Crippen LogP contribution in [0.25, 0.3) is 0 Å². The van der Waals surface area contributed by atoms with E-state index < -0.39 is 0 Å². The van der Waals surface area contributed by atoms with Crippen molar-refractivity contribution in [3.05, 3.63) is 0 Å². The van der Waals surface area contributed by atoms with Crippen LogP contribution in [0, 0.1) is 5.92 Å². The van der Waals surface area contributed by atoms with Crippen LogP contribution in [0.4, 0.5) is 0 Å². The van der Waals surface area contributed by atoms with E-state index in [4.69, 9.17) is 22.9 Å². The average Bonchev–Trinajstić information content (AvgIpc) is 2.87. The molecule has 0 rings (SSSR count). The average molecular weight is 541 g/mol. The molecule has 1 unspecified atom stereocenters. The summed E-state index contributed by atoms with van der Waals surface area (Å²) in [5.74, 6) is -0.0451. The molecule has 0 radical (unpaired) electrons. The quantitative estimate of drug-likeness (QED) is 0.0500. The molecule has 0 aromatic rings. The van der Waals surface area contributed by atoms with Gasteiger partial charge in [0.15, 0.2) is 11.9 Å². The van der Waals surface area contributed by atoms with Gasteiger partial charge in [-0.15, -0.1) is 0 Å². The van der Waals surface area contributed by atoms with E-state index in [0.29, 0.717) is 52.1 Å². The number of nitrogens with two attached hydrogens (primary N) is 4. The van der Waals surface area contributed by atoms with E-state index in [0.717, 1.165) is 45.2 Å². The van der Waals surface area contributed by atoms with Gasteiger partial charge in [-0.05, 0) is 45.2 Å². The first-order valence-electron chi connectivity index (χ1n) is 13.8. The topological polar surface area (TPSA) is 219 Å². The lowest BCUT2D eigenvalue weighted by molar-refractivity contribution is -0.133. The van der Waals surface area contributed by atoms with Crippen LogP contribution in [0.5, 0.6) is 0 Å². The van der Waals surface area contributed by atoms with Crippen LogP contribution in [0.15, 0.2) is 9.98 Å². The SMILES string of the molecule is CCCCC(C)C(=O)NCCCNCCCNC(=O)CCC(=O)N(CCCN=C(N)N)CCCN=C(N)N. The number of nitrogens with one attached hydrogen (secondary N) is 3. The molecule has 0 heterocycles. The minimum atomic E-state index is -0.154. The fourth-order valence-electron chi connectivity index (χ4n) is 3.57. The van der Waals surface area contributed by atoms with Crippen LogP contribution in [-0.2, 0) is 14.4 Å². The number of aliphatic imine (C=N–C) groups is 2. The molecule has 1 atom stereocenters. The summed E-state index contributed by atoms with van der Waals surface area (Å²) in [7, 11) is 0. The molecule has 0 aliphatic heterocycles. The molecule has 0 bridgehead atoms. The van der Waals surface area contributed by atoms with Crippen LogP contribution >= 0.6 is 0 Å². The third-order valence-corrected chi connectivity index (χ3v) is 5.80. The minimum Gasteiger partial charge on any atom is -0.370 e. The standard InChI is InChI=1S/C25H52N10O3/c1-3-4-9-20(2)23(38)32-15-6-13-30-12-5-14-31-21(36)10-11-22(37)35(18-7-16-33-24(26)27)19-8-17-34-25(28)29/h20,30H,3-19H2,1-2H3,(H,31,36)(H,32,38)(H4,26,27,33)(H4,28,29,34). The summed E-state index contributed by atoms with van der Waals surface area (Å²) in [6.45, 7) is 8.64. The molecule has 0 aromatic heterocycles. The van der Waals surface area contributed by atoms with Gasteiger partial charge < -0.3 is 43.8 Å². The Balaban J connectivity index is 4.05. The van der Waals surface area contributed by atoms with Crippen molar-refractivity contribution in [2.75, 3.05) is 52.4 Å². The molecule has 0 spiro atoms. The molecule has 0 aliphatic rings. The Morgan fingerprint density at radius 1 is 0.763 bits per heavy atom. The molecule has 13 nitrogen and oxygen atoms in total. The minimum absolute atomic E-state index is 0.0128. The Morgan fingerprint density at radius 2 is 1.32 bits per heavy atom. The molecule has 13 heteroatoms. The van der Waals surface area contributed by atoms with Gasteiger partial charge in [0.25, 0.3) is 0 Å². The zero-order valence-corrected chi connectivity index (χ0v) is 23.5. The number of carbonyl (C=O) groups excluding carboxylic acids is 3. The number of amides is 3. The fourth-order valence-corrected chi connectivity index (χ4v) is 3.57. The Kier molecular flexibility index (Phi) is 21.2. The molecular formula is C25H52N10O3. The van der Waals surface area contributed by atoms with E-state index in [9.17, 15) is 14.4 Å². The van der Waals surface area contributed by atoms with Gasteiger partial charge in [0.1, 0.15) is 0 Å². The molecule has 3 amide bonds. The Morgan fingerprint density at radius 3 is 1.84 bits per heavy atom. The van der Waals surface area contributed by atoms with Crippen molar-refractivity contribution in [2.45, 2.75) is 71.6 Å². The van der Waals surface area contributed by atoms with Crippen LogP contribution in [-0.4, -0.2) is 86.9 Å². The van der Waals surface area contributed by atoms with Crippen molar-refractivity contribution in [1.82, 2.24) is 20.9 Å². The van der Waals surface area contributed by atoms with Gasteiger partial charge in [0, 0.05) is 58.0 Å². The Bertz CT molecular complexity index is 698. The Hall–Kier alpha value is -3.09. The van der Waals surface area contributed by atoms with Crippen LogP contribution in [0.2, 0.25) is 0 Å². The first-order chi connectivity index (χ1) is 18.2. The summed E-state index contributed by atoms with van der Waals surface area (Å²) in [6, 6.07) is 0. The molecule has 0 saturated carbocycles. The second-order valence-electron chi connectivity index (χ2n) is 9.34. The maximum atomic E-state index is 12.7. The molecule has 0 aliphatic carbocycles. The third kappa shape index (κ3) is 21.0. The fraction of sp³-hybridized carbons (Fsp3) is 0.800. The Labute approximate surface area is 228 Å². The number of unbranched alkanes of at least 4 members (excludes halogenated alkanes) is 1. The number of rotatable bonds is 23. The monoisotopic (exact) mass is 540 g/mol. The van der Waals surface area contributed by atoms with Crippen molar-refractivity contribution in [2.24, 2.45) is 38.8 Å². The van der Waals surface area contributed by atoms with Gasteiger partial charge in [-0.3, -0.25) is 24.4 Å². The highest BCUT2D eigenvalue weighted by molar-refractivity contribution is 5.83. The second kappa shape index (κ2) is 23.1. The lowest BCUT2D eigenvalue weighted by Crippen LogP contribution is -2.35. The number of carbonyl (C=O) groups is 3. The summed E-state index contributed by atoms with van der Waals surface area (Å²) >= 11 is 0. The normalized spacial score (nSPS) is 11.3. The summed E-state index contributed by atoms with van der Waals surface area (Å²) in [5, 5.41) is 9.14. The maximum Gasteiger partial charge on any atom is 0.223 e. The highest BCUT2D eigenvalue weighted by Gasteiger charge is 2.15. The molecule has 220 valence electrons. The van der Waals surface area contributed by atoms with Gasteiger partial charge in [-0.25, -0.2) is 0 Å². The molecule has 0 saturated heterocycles. The zero-order valence-electron chi connectivity index (χ0n) is 23.5. The molecule has 0 aromatic carbocycles. The largest absolute Gasteiger partial charge is 0.370 e. The molecular weight excluding hydrogens is 488 g/mol. The summed E-state index contributed by atoms with van der Waals surface area (Å²) in [4.78, 5) is 46.4. The van der Waals surface area contributed by atoms with Crippen molar-refractivity contribution in [1.29, 1.82) is 0 Å². The van der Waals surface area contributed by atoms with Crippen molar-refractivity contribution >= 4 is 29.6 Å². The zero-order chi connectivity index (χ0) is 28.6. The van der Waals surface area contributed by atoms with Gasteiger partial charge >= 0.3 is 0 Å². The predicted octanol–water partition coefficient (Wildman–Crippen LogP) is -0.649. The lowest BCUT2D eigenvalue weighted by atomic mass is 10.0. The van der Waals surface area contributed by atoms with E-state index >= 15 is 0 Å². The highest BCUT2D eigenvalue weighted by atomic mass is 16.2. The first kappa shape index (κ1) is 34.9. The van der Waals surface area contributed by atoms with E-state index in [1.165, 1.54) is 0 Å². The maximum absolute atomic E-state index is 12.7. The smallest absolute Gasteiger partial charge is 0.223 e. The highest BCUT2D eigenvalue weighted by Crippen LogP contribution is 2.07. The summed E-state index contributed by atoms with van der Waals surface area (Å²) in [6.07, 6.45) is 6.20. The third-order valence-electron chi connectivity index (χ3n) is 5.80. The van der Waals surface area contributed by atoms with Crippen LogP contribution in [0.1, 0.15) is 71.6 Å². The van der Waals surface area contributed by atoms with Crippen LogP contribution < -0.4 is 38.9 Å². The van der Waals surface area contributed by atoms with E-state index in [1.807, 2.05) is 6.92 Å². The van der Waals surface area contributed by atoms with Gasteiger partial charge in [0.05, 0.1) is 0 Å². The number of guanidine groups is 2. The number of hydrogen-bond donors (Lipinski definition) is 7. The molecule has 0 fully saturated rings. The van der Waals surface area contributed by atoms with Crippen molar-refractivity contribution in [3.8, 4) is 0 Å². The second-order valence-corrected chi connectivity index (χ2v) is 9.34. The van der Waals surface area contributed by atoms with Crippen molar-refractivity contribution in [3.63, 3.8) is 0 Å². The number of hydrogen-bond acceptors (Lipinski definition) is 6. The van der Waals surface area contributed by atoms with E-state index in [2.05, 4.69) is 32.9 Å². The molecule has 11 N–H and O–H groups in total. The van der Waals surface area contributed by atoms with Gasteiger partial charge in [0.2, 0.25) is 17.7 Å². The van der Waals surface area contributed by atoms with E-state index in [-0.39, 0.29) is 48.4 Å². The predicted molar refractivity (Wildman–Crippen MR) is 153 cm³/mol. The number of nitrogens with zero attached hydrogens (tertiary/aromatic N) is 3. The molecule has 38 heavy (non-hydrogen) atoms. The van der Waals surface area contributed by atoms with Gasteiger partial charge in [-0.1, -0.05) is 26.7 Å². The first-order valence-corrected chi connectivity index (χ1v) is 13.8. The van der Waals surface area contributed by atoms with Crippen LogP contribution in [0.3, 0.4) is 0 Å². The van der Waals surface area contributed by atoms with Crippen molar-refractivity contribution < 1.29 is 14.4 Å². The summed E-state index contributed by atoms with van der Waals surface area (Å²) in [5.41, 5.74) is 21.4. The lowest BCUT2D eigenvalue weighted by Gasteiger charge is -2.22. The summed E-state index contributed by atoms with van der Waals surface area (Å²) < 4.78 is 0. The van der Waals surface area contributed by atoms with E-state index in [1.54, 1.807) is 4.90 Å².